The molecule has 0 spiro atoms. The van der Waals surface area contributed by atoms with E-state index in [1.54, 1.807) is 13.8 Å². The highest BCUT2D eigenvalue weighted by Crippen LogP contribution is 2.10. The largest absolute Gasteiger partial charge is 0.409 e. The second-order valence-electron chi connectivity index (χ2n) is 4.00. The molecule has 1 atom stereocenters. The maximum Gasteiger partial charge on any atom is 0.261 e. The average molecular weight is 267 g/mol. The van der Waals surface area contributed by atoms with Crippen molar-refractivity contribution in [1.82, 2.24) is 5.32 Å². The van der Waals surface area contributed by atoms with Crippen LogP contribution < -0.4 is 11.1 Å². The number of nitrogens with one attached hydrogen (secondary N) is 1. The maximum atomic E-state index is 11.7. The highest BCUT2D eigenvalue weighted by Gasteiger charge is 2.26. The van der Waals surface area contributed by atoms with Crippen molar-refractivity contribution in [2.75, 3.05) is 19.8 Å². The zero-order valence-electron chi connectivity index (χ0n) is 10.4. The summed E-state index contributed by atoms with van der Waals surface area (Å²) >= 11 is 0. The van der Waals surface area contributed by atoms with Crippen LogP contribution in [-0.4, -0.2) is 43.1 Å². The van der Waals surface area contributed by atoms with E-state index in [2.05, 4.69) is 15.2 Å². The number of hydrogen-bond donors (Lipinski definition) is 3. The molecule has 0 heterocycles. The number of amides is 1. The lowest BCUT2D eigenvalue weighted by molar-refractivity contribution is -0.124. The molecule has 0 saturated heterocycles. The van der Waals surface area contributed by atoms with E-state index < -0.39 is 24.9 Å². The van der Waals surface area contributed by atoms with E-state index in [4.69, 9.17) is 10.9 Å². The van der Waals surface area contributed by atoms with E-state index >= 15 is 0 Å². The van der Waals surface area contributed by atoms with Crippen molar-refractivity contribution in [2.24, 2.45) is 22.7 Å². The maximum absolute atomic E-state index is 11.7. The number of hydrogen-bond acceptors (Lipinski definition) is 4. The predicted molar refractivity (Wildman–Crippen MR) is 61.6 cm³/mol. The molecule has 0 aliphatic rings. The number of rotatable bonds is 8. The number of ether oxygens (including phenoxy) is 1. The molecule has 0 rings (SSSR count). The summed E-state index contributed by atoms with van der Waals surface area (Å²) in [5, 5.41) is 13.8. The van der Waals surface area contributed by atoms with Crippen LogP contribution in [0.25, 0.3) is 0 Å². The molecule has 1 unspecified atom stereocenters. The summed E-state index contributed by atoms with van der Waals surface area (Å²) in [6.07, 6.45) is -2.53. The third-order valence-electron chi connectivity index (χ3n) is 2.17. The van der Waals surface area contributed by atoms with Gasteiger partial charge in [-0.05, 0) is 5.92 Å². The van der Waals surface area contributed by atoms with Crippen molar-refractivity contribution < 1.29 is 23.5 Å². The Morgan fingerprint density at radius 1 is 1.50 bits per heavy atom. The fourth-order valence-corrected chi connectivity index (χ4v) is 1.37. The van der Waals surface area contributed by atoms with Gasteiger partial charge in [0.15, 0.2) is 5.84 Å². The Kier molecular flexibility index (Phi) is 7.93. The standard InChI is InChI=1S/C10H19F2N3O3/c1-6(2)8(9(13)15-17)10(16)14-3-4-18-5-7(11)12/h6-8,17H,3-5H2,1-2H3,(H2,13,15)(H,14,16). The van der Waals surface area contributed by atoms with Gasteiger partial charge in [-0.25, -0.2) is 8.78 Å². The minimum Gasteiger partial charge on any atom is -0.409 e. The van der Waals surface area contributed by atoms with Crippen LogP contribution in [0.15, 0.2) is 5.16 Å². The summed E-state index contributed by atoms with van der Waals surface area (Å²) in [6.45, 7) is 2.90. The van der Waals surface area contributed by atoms with Crippen LogP contribution in [0.1, 0.15) is 13.8 Å². The van der Waals surface area contributed by atoms with Gasteiger partial charge in [-0.2, -0.15) is 0 Å². The van der Waals surface area contributed by atoms with Gasteiger partial charge in [0.1, 0.15) is 12.5 Å². The molecule has 8 heteroatoms. The smallest absolute Gasteiger partial charge is 0.261 e. The predicted octanol–water partition coefficient (Wildman–Crippen LogP) is 0.403. The van der Waals surface area contributed by atoms with Crippen molar-refractivity contribution in [2.45, 2.75) is 20.3 Å². The average Bonchev–Trinajstić information content (AvgIpc) is 2.27. The van der Waals surface area contributed by atoms with E-state index in [0.717, 1.165) is 0 Å². The molecule has 106 valence electrons. The molecule has 0 aliphatic heterocycles. The number of carbonyl (C=O) groups excluding carboxylic acids is 1. The van der Waals surface area contributed by atoms with Crippen molar-refractivity contribution in [3.8, 4) is 0 Å². The van der Waals surface area contributed by atoms with Gasteiger partial charge in [0.2, 0.25) is 5.91 Å². The summed E-state index contributed by atoms with van der Waals surface area (Å²) in [5.74, 6) is -1.52. The second kappa shape index (κ2) is 8.62. The fourth-order valence-electron chi connectivity index (χ4n) is 1.37. The Hall–Kier alpha value is -1.44. The van der Waals surface area contributed by atoms with E-state index in [1.165, 1.54) is 0 Å². The van der Waals surface area contributed by atoms with Crippen LogP contribution in [0.4, 0.5) is 8.78 Å². The topological polar surface area (TPSA) is 96.9 Å². The molecular formula is C10H19F2N3O3. The number of amidine groups is 1. The Labute approximate surface area is 104 Å². The van der Waals surface area contributed by atoms with Crippen LogP contribution in [0.2, 0.25) is 0 Å². The van der Waals surface area contributed by atoms with Crippen LogP contribution in [0.5, 0.6) is 0 Å². The first-order valence-corrected chi connectivity index (χ1v) is 5.51. The molecule has 6 nitrogen and oxygen atoms in total. The van der Waals surface area contributed by atoms with Crippen molar-refractivity contribution in [1.29, 1.82) is 0 Å². The normalized spacial score (nSPS) is 14.0. The number of alkyl halides is 2. The van der Waals surface area contributed by atoms with E-state index in [9.17, 15) is 13.6 Å². The molecule has 0 aromatic carbocycles. The SMILES string of the molecule is CC(C)C(C(=O)NCCOCC(F)F)C(N)=NO. The highest BCUT2D eigenvalue weighted by molar-refractivity contribution is 6.02. The Balaban J connectivity index is 4.05. The molecule has 0 fully saturated rings. The summed E-state index contributed by atoms with van der Waals surface area (Å²) in [4.78, 5) is 11.7. The molecule has 18 heavy (non-hydrogen) atoms. The lowest BCUT2D eigenvalue weighted by Gasteiger charge is -2.18. The first kappa shape index (κ1) is 16.6. The summed E-state index contributed by atoms with van der Waals surface area (Å²) in [6, 6.07) is 0. The third kappa shape index (κ3) is 6.33. The first-order valence-electron chi connectivity index (χ1n) is 5.51. The molecule has 4 N–H and O–H groups in total. The Bertz CT molecular complexity index is 286. The van der Waals surface area contributed by atoms with Gasteiger partial charge in [0, 0.05) is 6.54 Å². The molecule has 1 amide bonds. The number of halogens is 2. The van der Waals surface area contributed by atoms with E-state index in [0.29, 0.717) is 0 Å². The molecule has 0 aromatic heterocycles. The van der Waals surface area contributed by atoms with Crippen LogP contribution >= 0.6 is 0 Å². The molecule has 0 radical (unpaired) electrons. The lowest BCUT2D eigenvalue weighted by Crippen LogP contribution is -2.42. The third-order valence-corrected chi connectivity index (χ3v) is 2.17. The Morgan fingerprint density at radius 2 is 2.11 bits per heavy atom. The first-order chi connectivity index (χ1) is 8.40. The molecule has 0 saturated carbocycles. The summed E-state index contributed by atoms with van der Waals surface area (Å²) in [5.41, 5.74) is 5.40. The molecule has 0 aromatic rings. The number of carbonyl (C=O) groups is 1. The number of oxime groups is 1. The zero-order chi connectivity index (χ0) is 14.1. The highest BCUT2D eigenvalue weighted by atomic mass is 19.3. The van der Waals surface area contributed by atoms with Crippen molar-refractivity contribution >= 4 is 11.7 Å². The Morgan fingerprint density at radius 3 is 2.56 bits per heavy atom. The lowest BCUT2D eigenvalue weighted by atomic mass is 9.94. The fraction of sp³-hybridized carbons (Fsp3) is 0.800. The minimum atomic E-state index is -2.53. The summed E-state index contributed by atoms with van der Waals surface area (Å²) in [7, 11) is 0. The molecule has 0 aliphatic carbocycles. The number of nitrogens with two attached hydrogens (primary N) is 1. The van der Waals surface area contributed by atoms with Gasteiger partial charge >= 0.3 is 0 Å². The van der Waals surface area contributed by atoms with E-state index in [1.807, 2.05) is 0 Å². The zero-order valence-corrected chi connectivity index (χ0v) is 10.4. The van der Waals surface area contributed by atoms with Crippen LogP contribution in [0.3, 0.4) is 0 Å². The molecular weight excluding hydrogens is 248 g/mol. The van der Waals surface area contributed by atoms with Crippen molar-refractivity contribution in [3.05, 3.63) is 0 Å². The quantitative estimate of drug-likeness (QED) is 0.195. The monoisotopic (exact) mass is 267 g/mol. The summed E-state index contributed by atoms with van der Waals surface area (Å²) < 4.78 is 28.1. The van der Waals surface area contributed by atoms with Crippen molar-refractivity contribution in [3.63, 3.8) is 0 Å². The van der Waals surface area contributed by atoms with Gasteiger partial charge in [0.25, 0.3) is 6.43 Å². The van der Waals surface area contributed by atoms with Gasteiger partial charge in [-0.15, -0.1) is 0 Å². The van der Waals surface area contributed by atoms with Crippen LogP contribution in [0, 0.1) is 11.8 Å². The van der Waals surface area contributed by atoms with Gasteiger partial charge in [-0.1, -0.05) is 19.0 Å². The second-order valence-corrected chi connectivity index (χ2v) is 4.00. The number of nitrogens with zero attached hydrogens (tertiary/aromatic N) is 1. The van der Waals surface area contributed by atoms with Gasteiger partial charge < -0.3 is 21.0 Å². The van der Waals surface area contributed by atoms with Gasteiger partial charge in [-0.3, -0.25) is 4.79 Å². The van der Waals surface area contributed by atoms with Crippen LogP contribution in [-0.2, 0) is 9.53 Å². The van der Waals surface area contributed by atoms with Gasteiger partial charge in [0.05, 0.1) is 6.61 Å². The van der Waals surface area contributed by atoms with E-state index in [-0.39, 0.29) is 24.9 Å². The minimum absolute atomic E-state index is 0.0168. The molecule has 0 bridgehead atoms.